The van der Waals surface area contributed by atoms with Crippen molar-refractivity contribution in [1.29, 1.82) is 0 Å². The van der Waals surface area contributed by atoms with Gasteiger partial charge in [-0.1, -0.05) is 0 Å². The molecule has 9 atom stereocenters. The lowest BCUT2D eigenvalue weighted by atomic mass is 9.42. The van der Waals surface area contributed by atoms with Gasteiger partial charge in [-0.15, -0.1) is 0 Å². The fourth-order valence-electron chi connectivity index (χ4n) is 7.98. The van der Waals surface area contributed by atoms with Crippen molar-refractivity contribution in [1.82, 2.24) is 10.2 Å². The highest BCUT2D eigenvalue weighted by Crippen LogP contribution is 2.70. The number of likely N-dealkylation sites (N-methyl/N-ethyl adjacent to an activating group) is 1. The summed E-state index contributed by atoms with van der Waals surface area (Å²) in [5, 5.41) is 23.2. The summed E-state index contributed by atoms with van der Waals surface area (Å²) in [4.78, 5) is 13.6. The van der Waals surface area contributed by atoms with Gasteiger partial charge in [-0.2, -0.15) is 0 Å². The first-order valence-electron chi connectivity index (χ1n) is 10.5. The standard InChI is InChI=1S/C20H32N2O5/c1-22-8-7-19-16-11-3-4-13(23)17(16)27-18(19)12(21-10-15(24)25)5-6-20(19,26-2)14(22)9-11/h11-14,16-18,21,23H,3-10H2,1-2H3,(H,24,25)/t11?,12-,13?,14?,16?,17?,18+,19+,20-/m1/s1. The quantitative estimate of drug-likeness (QED) is 0.653. The molecular weight excluding hydrogens is 348 g/mol. The fraction of sp³-hybridized carbons (Fsp3) is 0.950. The van der Waals surface area contributed by atoms with Crippen LogP contribution >= 0.6 is 0 Å². The Bertz CT molecular complexity index is 631. The number of hydrogen-bond acceptors (Lipinski definition) is 6. The van der Waals surface area contributed by atoms with Crippen molar-refractivity contribution in [2.24, 2.45) is 17.3 Å². The molecule has 0 amide bonds. The number of piperidine rings is 1. The molecule has 5 fully saturated rings. The number of ether oxygens (including phenoxy) is 2. The average Bonchev–Trinajstić information content (AvgIpc) is 3.01. The molecule has 0 aromatic heterocycles. The van der Waals surface area contributed by atoms with Crippen molar-refractivity contribution in [3.05, 3.63) is 0 Å². The van der Waals surface area contributed by atoms with Crippen LogP contribution in [0.3, 0.4) is 0 Å². The lowest BCUT2D eigenvalue weighted by Crippen LogP contribution is -2.78. The Hall–Kier alpha value is -0.730. The smallest absolute Gasteiger partial charge is 0.317 e. The van der Waals surface area contributed by atoms with Gasteiger partial charge in [0.05, 0.1) is 30.5 Å². The number of aliphatic carboxylic acids is 1. The number of hydrogen-bond donors (Lipinski definition) is 3. The fourth-order valence-corrected chi connectivity index (χ4v) is 7.98. The summed E-state index contributed by atoms with van der Waals surface area (Å²) in [5.41, 5.74) is -0.401. The molecule has 2 heterocycles. The van der Waals surface area contributed by atoms with Crippen molar-refractivity contribution in [2.45, 2.75) is 74.5 Å². The first-order valence-corrected chi connectivity index (χ1v) is 10.5. The summed E-state index contributed by atoms with van der Waals surface area (Å²) < 4.78 is 13.1. The van der Waals surface area contributed by atoms with E-state index in [4.69, 9.17) is 14.6 Å². The molecular formula is C20H32N2O5. The Morgan fingerprint density at radius 3 is 2.89 bits per heavy atom. The second kappa shape index (κ2) is 6.13. The number of aliphatic hydroxyl groups excluding tert-OH is 1. The maximum atomic E-state index is 11.2. The van der Waals surface area contributed by atoms with E-state index >= 15 is 0 Å². The molecule has 5 aliphatic rings. The molecule has 7 heteroatoms. The Morgan fingerprint density at radius 1 is 1.33 bits per heavy atom. The molecule has 1 spiro atoms. The molecule has 7 nitrogen and oxygen atoms in total. The van der Waals surface area contributed by atoms with Crippen LogP contribution in [-0.2, 0) is 14.3 Å². The zero-order chi connectivity index (χ0) is 19.0. The number of rotatable bonds is 4. The maximum Gasteiger partial charge on any atom is 0.317 e. The zero-order valence-corrected chi connectivity index (χ0v) is 16.3. The number of nitrogens with one attached hydrogen (secondary N) is 1. The number of nitrogens with zero attached hydrogens (tertiary/aromatic N) is 1. The van der Waals surface area contributed by atoms with Crippen molar-refractivity contribution in [3.8, 4) is 0 Å². The van der Waals surface area contributed by atoms with Gasteiger partial charge in [0, 0.05) is 30.5 Å². The first kappa shape index (κ1) is 18.3. The van der Waals surface area contributed by atoms with E-state index in [1.165, 1.54) is 0 Å². The van der Waals surface area contributed by atoms with E-state index in [1.54, 1.807) is 0 Å². The lowest BCUT2D eigenvalue weighted by molar-refractivity contribution is -0.269. The van der Waals surface area contributed by atoms with Crippen LogP contribution < -0.4 is 5.32 Å². The predicted octanol–water partition coefficient (Wildman–Crippen LogP) is 0.457. The van der Waals surface area contributed by atoms with Crippen LogP contribution in [0.1, 0.15) is 38.5 Å². The van der Waals surface area contributed by atoms with Crippen LogP contribution in [0.15, 0.2) is 0 Å². The second-order valence-corrected chi connectivity index (χ2v) is 9.49. The molecule has 0 aromatic carbocycles. The molecule has 5 unspecified atom stereocenters. The van der Waals surface area contributed by atoms with Crippen molar-refractivity contribution in [2.75, 3.05) is 27.2 Å². The van der Waals surface area contributed by atoms with Crippen LogP contribution in [0.25, 0.3) is 0 Å². The number of aliphatic hydroxyl groups is 1. The van der Waals surface area contributed by atoms with E-state index in [0.29, 0.717) is 17.9 Å². The highest BCUT2D eigenvalue weighted by atomic mass is 16.5. The molecule has 152 valence electrons. The Labute approximate surface area is 160 Å². The molecule has 0 radical (unpaired) electrons. The van der Waals surface area contributed by atoms with Gasteiger partial charge < -0.3 is 29.9 Å². The van der Waals surface area contributed by atoms with Crippen molar-refractivity contribution in [3.63, 3.8) is 0 Å². The van der Waals surface area contributed by atoms with Gasteiger partial charge in [0.15, 0.2) is 0 Å². The maximum absolute atomic E-state index is 11.2. The van der Waals surface area contributed by atoms with E-state index in [0.717, 1.165) is 45.1 Å². The highest BCUT2D eigenvalue weighted by Gasteiger charge is 2.77. The molecule has 27 heavy (non-hydrogen) atoms. The van der Waals surface area contributed by atoms with Gasteiger partial charge in [-0.05, 0) is 58.0 Å². The van der Waals surface area contributed by atoms with Crippen molar-refractivity contribution >= 4 is 5.97 Å². The summed E-state index contributed by atoms with van der Waals surface area (Å²) in [7, 11) is 4.07. The molecule has 0 aromatic rings. The molecule has 3 saturated carbocycles. The Kier molecular flexibility index (Phi) is 4.16. The number of carboxylic acids is 1. The minimum Gasteiger partial charge on any atom is -0.480 e. The first-order chi connectivity index (χ1) is 12.9. The topological polar surface area (TPSA) is 91.3 Å². The minimum absolute atomic E-state index is 0.00461. The third-order valence-electron chi connectivity index (χ3n) is 8.81. The van der Waals surface area contributed by atoms with Gasteiger partial charge >= 0.3 is 5.97 Å². The van der Waals surface area contributed by atoms with E-state index < -0.39 is 12.1 Å². The summed E-state index contributed by atoms with van der Waals surface area (Å²) in [6.07, 6.45) is 5.08. The molecule has 5 rings (SSSR count). The van der Waals surface area contributed by atoms with Crippen LogP contribution in [0.5, 0.6) is 0 Å². The third kappa shape index (κ3) is 2.18. The molecule has 2 saturated heterocycles. The normalized spacial score (nSPS) is 53.8. The predicted molar refractivity (Wildman–Crippen MR) is 97.4 cm³/mol. The van der Waals surface area contributed by atoms with Gasteiger partial charge in [0.1, 0.15) is 0 Å². The van der Waals surface area contributed by atoms with Crippen LogP contribution in [-0.4, -0.2) is 84.3 Å². The summed E-state index contributed by atoms with van der Waals surface area (Å²) in [6.45, 7) is 0.957. The second-order valence-electron chi connectivity index (χ2n) is 9.49. The zero-order valence-electron chi connectivity index (χ0n) is 16.3. The summed E-state index contributed by atoms with van der Waals surface area (Å²) >= 11 is 0. The highest BCUT2D eigenvalue weighted by molar-refractivity contribution is 5.69. The summed E-state index contributed by atoms with van der Waals surface area (Å²) in [5.74, 6) is 0.0255. The monoisotopic (exact) mass is 380 g/mol. The van der Waals surface area contributed by atoms with Gasteiger partial charge in [0.25, 0.3) is 0 Å². The van der Waals surface area contributed by atoms with Crippen molar-refractivity contribution < 1.29 is 24.5 Å². The van der Waals surface area contributed by atoms with E-state index in [2.05, 4.69) is 17.3 Å². The van der Waals surface area contributed by atoms with Gasteiger partial charge in [-0.25, -0.2) is 0 Å². The molecule has 3 N–H and O–H groups in total. The van der Waals surface area contributed by atoms with E-state index in [-0.39, 0.29) is 35.8 Å². The third-order valence-corrected chi connectivity index (χ3v) is 8.81. The molecule has 2 aliphatic heterocycles. The SMILES string of the molecule is CO[C@]12CC[C@@H](NCC(=O)O)[C@@H]3OC4C(O)CCC5CC1N(C)CC[C@]32C54. The minimum atomic E-state index is -0.839. The van der Waals surface area contributed by atoms with E-state index in [9.17, 15) is 9.90 Å². The molecule has 3 aliphatic carbocycles. The Morgan fingerprint density at radius 2 is 2.15 bits per heavy atom. The van der Waals surface area contributed by atoms with E-state index in [1.807, 2.05) is 7.11 Å². The molecule has 2 bridgehead atoms. The van der Waals surface area contributed by atoms with Crippen LogP contribution in [0.4, 0.5) is 0 Å². The van der Waals surface area contributed by atoms with Gasteiger partial charge in [-0.3, -0.25) is 4.79 Å². The average molecular weight is 380 g/mol. The number of likely N-dealkylation sites (tertiary alicyclic amines) is 1. The number of methoxy groups -OCH3 is 1. The largest absolute Gasteiger partial charge is 0.480 e. The van der Waals surface area contributed by atoms with Crippen LogP contribution in [0, 0.1) is 17.3 Å². The lowest BCUT2D eigenvalue weighted by Gasteiger charge is -2.69. The van der Waals surface area contributed by atoms with Crippen LogP contribution in [0.2, 0.25) is 0 Å². The number of carbonyl (C=O) groups is 1. The summed E-state index contributed by atoms with van der Waals surface area (Å²) in [6, 6.07) is 0.378. The van der Waals surface area contributed by atoms with Gasteiger partial charge in [0.2, 0.25) is 0 Å². The number of carboxylic acid groups (broad SMARTS) is 1. The Balaban J connectivity index is 1.61.